The number of urea groups is 1. The molecular weight excluding hydrogens is 505 g/mol. The third kappa shape index (κ3) is 9.21. The van der Waals surface area contributed by atoms with E-state index in [0.717, 1.165) is 24.8 Å². The van der Waals surface area contributed by atoms with Gasteiger partial charge in [0, 0.05) is 19.6 Å². The van der Waals surface area contributed by atoms with Crippen LogP contribution in [0, 0.1) is 5.92 Å². The third-order valence-electron chi connectivity index (χ3n) is 6.26. The van der Waals surface area contributed by atoms with Gasteiger partial charge >= 0.3 is 41.7 Å². The number of carbonyl (C=O) groups is 3. The summed E-state index contributed by atoms with van der Waals surface area (Å²) in [5.74, 6) is 4.63. The van der Waals surface area contributed by atoms with Crippen molar-refractivity contribution < 1.29 is 63.8 Å². The van der Waals surface area contributed by atoms with Crippen LogP contribution in [0.4, 0.5) is 9.59 Å². The number of nitrogens with one attached hydrogen (secondary N) is 1. The summed E-state index contributed by atoms with van der Waals surface area (Å²) in [6, 6.07) is 9.15. The summed E-state index contributed by atoms with van der Waals surface area (Å²) in [6.07, 6.45) is 4.56. The van der Waals surface area contributed by atoms with Gasteiger partial charge in [0.15, 0.2) is 0 Å². The van der Waals surface area contributed by atoms with Crippen molar-refractivity contribution in [1.29, 1.82) is 0 Å². The predicted octanol–water partition coefficient (Wildman–Crippen LogP) is -1.05. The Balaban J connectivity index is 0.000000364. The van der Waals surface area contributed by atoms with Crippen LogP contribution < -0.4 is 40.8 Å². The minimum absolute atomic E-state index is 0. The Bertz CT molecular complexity index is 930. The van der Waals surface area contributed by atoms with Crippen LogP contribution in [0.25, 0.3) is 0 Å². The van der Waals surface area contributed by atoms with Gasteiger partial charge in [-0.2, -0.15) is 5.06 Å². The number of piperidine rings is 2. The van der Waals surface area contributed by atoms with Crippen LogP contribution in [0.5, 0.6) is 0 Å². The molecule has 1 aromatic carbocycles. The summed E-state index contributed by atoms with van der Waals surface area (Å²) in [7, 11) is 0. The zero-order chi connectivity index (χ0) is 26.3. The van der Waals surface area contributed by atoms with E-state index in [-0.39, 0.29) is 65.0 Å². The first-order valence-electron chi connectivity index (χ1n) is 12.3. The molecule has 13 heteroatoms. The SMILES string of the molecule is CC(C)(C)OC(=O)N1CCC[C@@H](C(=O)NN)C1.O=[C-][C@@H]1CC[C@@H]2CN1C(=O)N2OCc1ccccc1.[Na+].[OH-]. The van der Waals surface area contributed by atoms with E-state index in [2.05, 4.69) is 5.43 Å². The Morgan fingerprint density at radius 2 is 1.82 bits per heavy atom. The Kier molecular flexibility index (Phi) is 13.7. The summed E-state index contributed by atoms with van der Waals surface area (Å²) >= 11 is 0. The number of hydroxylamine groups is 2. The van der Waals surface area contributed by atoms with Crippen molar-refractivity contribution in [3.05, 3.63) is 35.9 Å². The molecule has 3 aliphatic rings. The van der Waals surface area contributed by atoms with Crippen molar-refractivity contribution in [2.24, 2.45) is 11.8 Å². The van der Waals surface area contributed by atoms with Gasteiger partial charge in [-0.25, -0.2) is 21.7 Å². The van der Waals surface area contributed by atoms with Gasteiger partial charge in [0.1, 0.15) is 12.2 Å². The van der Waals surface area contributed by atoms with Crippen molar-refractivity contribution in [2.75, 3.05) is 19.6 Å². The van der Waals surface area contributed by atoms with E-state index in [0.29, 0.717) is 32.7 Å². The largest absolute Gasteiger partial charge is 1.00 e. The molecule has 0 aliphatic carbocycles. The van der Waals surface area contributed by atoms with Gasteiger partial charge in [-0.3, -0.25) is 15.1 Å². The normalized spacial score (nSPS) is 22.3. The van der Waals surface area contributed by atoms with E-state index < -0.39 is 11.6 Å². The van der Waals surface area contributed by atoms with E-state index in [1.54, 1.807) is 9.80 Å². The molecule has 0 spiro atoms. The maximum Gasteiger partial charge on any atom is 1.00 e. The molecule has 2 bridgehead atoms. The van der Waals surface area contributed by atoms with Gasteiger partial charge in [-0.1, -0.05) is 42.8 Å². The van der Waals surface area contributed by atoms with Crippen LogP contribution >= 0.6 is 0 Å². The predicted molar refractivity (Wildman–Crippen MR) is 132 cm³/mol. The first-order valence-corrected chi connectivity index (χ1v) is 12.3. The zero-order valence-electron chi connectivity index (χ0n) is 22.6. The Morgan fingerprint density at radius 3 is 2.42 bits per heavy atom. The maximum absolute atomic E-state index is 12.1. The molecule has 3 saturated heterocycles. The molecule has 3 heterocycles. The molecule has 3 atom stereocenters. The minimum atomic E-state index is -0.514. The number of hydrogen-bond acceptors (Lipinski definition) is 8. The molecule has 4 amide bonds. The van der Waals surface area contributed by atoms with Crippen molar-refractivity contribution in [2.45, 2.75) is 70.7 Å². The minimum Gasteiger partial charge on any atom is -0.870 e. The fourth-order valence-electron chi connectivity index (χ4n) is 4.44. The number of amides is 4. The summed E-state index contributed by atoms with van der Waals surface area (Å²) in [4.78, 5) is 54.9. The number of benzene rings is 1. The zero-order valence-corrected chi connectivity index (χ0v) is 24.6. The van der Waals surface area contributed by atoms with Crippen molar-refractivity contribution in [1.82, 2.24) is 20.3 Å². The van der Waals surface area contributed by atoms with E-state index in [1.807, 2.05) is 57.4 Å². The monoisotopic (exact) mass is 542 g/mol. The number of nitrogens with two attached hydrogens (primary N) is 1. The molecule has 4 N–H and O–H groups in total. The molecule has 38 heavy (non-hydrogen) atoms. The van der Waals surface area contributed by atoms with Gasteiger partial charge in [0.2, 0.25) is 5.91 Å². The summed E-state index contributed by atoms with van der Waals surface area (Å²) in [6.45, 7) is 7.39. The second-order valence-corrected chi connectivity index (χ2v) is 10.2. The van der Waals surface area contributed by atoms with Crippen molar-refractivity contribution in [3.63, 3.8) is 0 Å². The Labute approximate surface area is 245 Å². The average molecular weight is 543 g/mol. The van der Waals surface area contributed by atoms with Crippen LogP contribution in [0.1, 0.15) is 52.0 Å². The number of rotatable bonds is 5. The quantitative estimate of drug-likeness (QED) is 0.156. The molecule has 12 nitrogen and oxygen atoms in total. The topological polar surface area (TPSA) is 165 Å². The number of likely N-dealkylation sites (tertiary alicyclic amines) is 1. The van der Waals surface area contributed by atoms with E-state index in [9.17, 15) is 19.2 Å². The number of ether oxygens (including phenoxy) is 1. The second-order valence-electron chi connectivity index (χ2n) is 10.2. The van der Waals surface area contributed by atoms with Crippen LogP contribution in [0.2, 0.25) is 0 Å². The van der Waals surface area contributed by atoms with Gasteiger partial charge < -0.3 is 24.8 Å². The average Bonchev–Trinajstić information content (AvgIpc) is 3.11. The van der Waals surface area contributed by atoms with Crippen LogP contribution in [-0.2, 0) is 25.8 Å². The molecule has 0 saturated carbocycles. The number of hydrogen-bond donors (Lipinski definition) is 2. The first-order chi connectivity index (χ1) is 17.1. The number of hydrazine groups is 1. The molecule has 1 aromatic rings. The Hall–Kier alpha value is -2.22. The van der Waals surface area contributed by atoms with E-state index in [4.69, 9.17) is 15.4 Å². The fourth-order valence-corrected chi connectivity index (χ4v) is 4.44. The molecule has 0 unspecified atom stereocenters. The third-order valence-corrected chi connectivity index (χ3v) is 6.26. The standard InChI is InChI=1S/C14H15N2O3.C11H21N3O3.Na.H2O/c17-9-13-7-6-12-8-15(13)14(18)16(12)19-10-11-4-2-1-3-5-11;1-11(2,3)17-10(16)14-6-4-5-8(7-14)9(15)13-12;;/h1-5,12-13H,6-8,10H2;8H,4-7,12H2,1-3H3,(H,13,15);;1H2/q-1;;+1;/p-1/t12-,13+;8-;;/m11../s1. The molecule has 3 aliphatic heterocycles. The summed E-state index contributed by atoms with van der Waals surface area (Å²) in [5.41, 5.74) is 2.63. The molecule has 4 rings (SSSR count). The van der Waals surface area contributed by atoms with E-state index in [1.165, 1.54) is 5.06 Å². The van der Waals surface area contributed by atoms with Crippen LogP contribution in [0.3, 0.4) is 0 Å². The van der Waals surface area contributed by atoms with Crippen molar-refractivity contribution in [3.8, 4) is 0 Å². The number of nitrogens with zero attached hydrogens (tertiary/aromatic N) is 3. The number of fused-ring (bicyclic) bond motifs is 2. The molecule has 0 radical (unpaired) electrons. The van der Waals surface area contributed by atoms with Gasteiger partial charge in [-0.05, 0) is 45.6 Å². The smallest absolute Gasteiger partial charge is 0.870 e. The Morgan fingerprint density at radius 1 is 1.13 bits per heavy atom. The number of carbonyl (C=O) groups excluding carboxylic acids is 4. The molecule has 0 aromatic heterocycles. The molecule has 3 fully saturated rings. The van der Waals surface area contributed by atoms with E-state index >= 15 is 0 Å². The van der Waals surface area contributed by atoms with Gasteiger partial charge in [0.25, 0.3) is 0 Å². The van der Waals surface area contributed by atoms with Gasteiger partial charge in [0.05, 0.1) is 12.0 Å². The van der Waals surface area contributed by atoms with Gasteiger partial charge in [-0.15, -0.1) is 0 Å². The van der Waals surface area contributed by atoms with Crippen LogP contribution in [-0.4, -0.2) is 82.0 Å². The van der Waals surface area contributed by atoms with Crippen LogP contribution in [0.15, 0.2) is 30.3 Å². The molecular formula is C25H37N5NaO7-. The summed E-state index contributed by atoms with van der Waals surface area (Å²) < 4.78 is 5.26. The molecule has 206 valence electrons. The maximum atomic E-state index is 12.1. The fraction of sp³-hybridized carbons (Fsp3) is 0.600. The first kappa shape index (κ1) is 33.8. The summed E-state index contributed by atoms with van der Waals surface area (Å²) in [5, 5.41) is 1.42. The van der Waals surface area contributed by atoms with Crippen molar-refractivity contribution >= 4 is 24.3 Å². The second kappa shape index (κ2) is 15.4.